The Balaban J connectivity index is 0.00000380. The summed E-state index contributed by atoms with van der Waals surface area (Å²) in [6.07, 6.45) is 3.84. The van der Waals surface area contributed by atoms with Crippen LogP contribution >= 0.6 is 12.4 Å². The van der Waals surface area contributed by atoms with E-state index in [1.165, 1.54) is 12.3 Å². The van der Waals surface area contributed by atoms with Crippen molar-refractivity contribution in [1.29, 1.82) is 0 Å². The first-order valence-electron chi connectivity index (χ1n) is 11.4. The summed E-state index contributed by atoms with van der Waals surface area (Å²) in [7, 11) is -4.51. The van der Waals surface area contributed by atoms with Gasteiger partial charge in [-0.3, -0.25) is 0 Å². The van der Waals surface area contributed by atoms with Crippen LogP contribution in [0.3, 0.4) is 0 Å². The molecule has 0 saturated heterocycles. The Bertz CT molecular complexity index is 1360. The third-order valence-corrected chi connectivity index (χ3v) is 6.99. The zero-order chi connectivity index (χ0) is 25.5. The molecule has 0 aliphatic heterocycles. The van der Waals surface area contributed by atoms with E-state index < -0.39 is 22.3 Å². The number of hydrogen-bond acceptors (Lipinski definition) is 7. The summed E-state index contributed by atoms with van der Waals surface area (Å²) in [4.78, 5) is 25.4. The minimum atomic E-state index is -4.51. The largest absolute Gasteiger partial charge is 0.456 e. The molecule has 0 spiro atoms. The van der Waals surface area contributed by atoms with Crippen LogP contribution in [0.15, 0.2) is 79.0 Å². The Kier molecular flexibility index (Phi) is 9.51. The molecule has 3 N–H and O–H groups in total. The number of aromatic nitrogens is 1. The molecule has 1 unspecified atom stereocenters. The second-order valence-electron chi connectivity index (χ2n) is 8.37. The topological polar surface area (TPSA) is 130 Å². The van der Waals surface area contributed by atoms with E-state index in [9.17, 15) is 18.0 Å². The second-order valence-corrected chi connectivity index (χ2v) is 9.92. The maximum atomic E-state index is 13.2. The van der Waals surface area contributed by atoms with Gasteiger partial charge in [0.15, 0.2) is 5.69 Å². The van der Waals surface area contributed by atoms with Crippen LogP contribution in [0.1, 0.15) is 46.4 Å². The van der Waals surface area contributed by atoms with Gasteiger partial charge in [-0.1, -0.05) is 66.7 Å². The van der Waals surface area contributed by atoms with Gasteiger partial charge in [-0.2, -0.15) is 8.42 Å². The zero-order valence-corrected chi connectivity index (χ0v) is 21.5. The number of esters is 1. The highest BCUT2D eigenvalue weighted by Gasteiger charge is 2.29. The van der Waals surface area contributed by atoms with Gasteiger partial charge in [0.25, 0.3) is 0 Å². The van der Waals surface area contributed by atoms with E-state index >= 15 is 0 Å². The standard InChI is InChI=1S/C26H27N3O6S.ClH/c27-22-13-11-21(12-14-22)23-15-16-29(24(23)25(30)34-17-19-7-3-1-4-8-19)36(32,33)28-26(31)35-18-20-9-5-2-6-10-20;/h1-11,15-16,22H,12-14,17-18,27H2,(H,28,31);1H. The number of ether oxygens (including phenoxy) is 2. The number of amides is 1. The van der Waals surface area contributed by atoms with Crippen LogP contribution in [0.4, 0.5) is 4.79 Å². The molecule has 37 heavy (non-hydrogen) atoms. The number of nitrogens with zero attached hydrogens (tertiary/aromatic N) is 1. The van der Waals surface area contributed by atoms with Gasteiger partial charge in [-0.25, -0.2) is 18.3 Å². The summed E-state index contributed by atoms with van der Waals surface area (Å²) in [6, 6.07) is 19.4. The molecule has 9 nitrogen and oxygen atoms in total. The number of carbonyl (C=O) groups excluding carboxylic acids is 2. The number of allylic oxidation sites excluding steroid dienone is 1. The molecule has 0 fully saturated rings. The molecule has 0 saturated carbocycles. The smallest absolute Gasteiger partial charge is 0.422 e. The Morgan fingerprint density at radius 1 is 0.946 bits per heavy atom. The summed E-state index contributed by atoms with van der Waals surface area (Å²) in [5, 5.41) is 0. The fraction of sp³-hybridized carbons (Fsp3) is 0.231. The van der Waals surface area contributed by atoms with E-state index in [0.717, 1.165) is 15.1 Å². The van der Waals surface area contributed by atoms with Crippen molar-refractivity contribution in [2.75, 3.05) is 0 Å². The molecule has 4 rings (SSSR count). The first-order chi connectivity index (χ1) is 17.3. The molecule has 196 valence electrons. The third-order valence-electron chi connectivity index (χ3n) is 5.74. The van der Waals surface area contributed by atoms with E-state index in [0.29, 0.717) is 30.4 Å². The van der Waals surface area contributed by atoms with E-state index in [-0.39, 0.29) is 37.4 Å². The molecule has 0 radical (unpaired) electrons. The van der Waals surface area contributed by atoms with Crippen LogP contribution in [0.2, 0.25) is 0 Å². The van der Waals surface area contributed by atoms with E-state index in [1.54, 1.807) is 36.4 Å². The number of benzene rings is 2. The van der Waals surface area contributed by atoms with E-state index in [2.05, 4.69) is 0 Å². The number of carbonyl (C=O) groups is 2. The highest BCUT2D eigenvalue weighted by molar-refractivity contribution is 7.88. The van der Waals surface area contributed by atoms with Gasteiger partial charge in [-0.15, -0.1) is 12.4 Å². The first kappa shape index (κ1) is 28.0. The molecule has 2 aromatic carbocycles. The summed E-state index contributed by atoms with van der Waals surface area (Å²) in [5.74, 6) is -0.836. The molecular weight excluding hydrogens is 518 g/mol. The Hall–Kier alpha value is -3.60. The van der Waals surface area contributed by atoms with Crippen molar-refractivity contribution >= 4 is 40.3 Å². The molecule has 0 bridgehead atoms. The van der Waals surface area contributed by atoms with Gasteiger partial charge in [0.2, 0.25) is 0 Å². The van der Waals surface area contributed by atoms with Gasteiger partial charge in [0.1, 0.15) is 13.2 Å². The molecule has 11 heteroatoms. The molecule has 3 aromatic rings. The number of hydrogen-bond donors (Lipinski definition) is 2. The highest BCUT2D eigenvalue weighted by Crippen LogP contribution is 2.30. The third kappa shape index (κ3) is 7.22. The average molecular weight is 546 g/mol. The molecule has 1 atom stereocenters. The predicted molar refractivity (Wildman–Crippen MR) is 141 cm³/mol. The van der Waals surface area contributed by atoms with Crippen molar-refractivity contribution in [1.82, 2.24) is 8.69 Å². The van der Waals surface area contributed by atoms with E-state index in [1.807, 2.05) is 35.1 Å². The number of rotatable bonds is 8. The number of halogens is 1. The van der Waals surface area contributed by atoms with Gasteiger partial charge < -0.3 is 15.2 Å². The lowest BCUT2D eigenvalue weighted by molar-refractivity contribution is 0.0463. The summed E-state index contributed by atoms with van der Waals surface area (Å²) < 4.78 is 39.3. The summed E-state index contributed by atoms with van der Waals surface area (Å²) >= 11 is 0. The number of nitrogens with two attached hydrogens (primary N) is 1. The zero-order valence-electron chi connectivity index (χ0n) is 19.9. The molecule has 1 amide bonds. The fourth-order valence-electron chi connectivity index (χ4n) is 3.87. The molecule has 1 aliphatic rings. The molecule has 1 heterocycles. The van der Waals surface area contributed by atoms with Crippen molar-refractivity contribution < 1.29 is 27.5 Å². The first-order valence-corrected chi connectivity index (χ1v) is 12.9. The van der Waals surface area contributed by atoms with Crippen molar-refractivity contribution in [3.63, 3.8) is 0 Å². The Labute approximate surface area is 221 Å². The van der Waals surface area contributed by atoms with Gasteiger partial charge in [0, 0.05) is 17.8 Å². The van der Waals surface area contributed by atoms with Gasteiger partial charge in [0.05, 0.1) is 0 Å². The van der Waals surface area contributed by atoms with Crippen LogP contribution in [-0.2, 0) is 32.9 Å². The van der Waals surface area contributed by atoms with Gasteiger partial charge >= 0.3 is 22.3 Å². The Morgan fingerprint density at radius 3 is 2.11 bits per heavy atom. The minimum absolute atomic E-state index is 0. The predicted octanol–water partition coefficient (Wildman–Crippen LogP) is 4.18. The maximum Gasteiger partial charge on any atom is 0.422 e. The SMILES string of the molecule is Cl.NC1CC=C(c2ccn(S(=O)(=O)NC(=O)OCc3ccccc3)c2C(=O)OCc2ccccc2)CC1. The lowest BCUT2D eigenvalue weighted by Crippen LogP contribution is -2.36. The second kappa shape index (κ2) is 12.6. The van der Waals surface area contributed by atoms with Crippen molar-refractivity contribution in [3.8, 4) is 0 Å². The van der Waals surface area contributed by atoms with Crippen LogP contribution in [-0.4, -0.2) is 30.5 Å². The highest BCUT2D eigenvalue weighted by atomic mass is 35.5. The fourth-order valence-corrected chi connectivity index (χ4v) is 4.87. The normalized spacial score (nSPS) is 15.2. The van der Waals surface area contributed by atoms with Crippen LogP contribution < -0.4 is 10.5 Å². The average Bonchev–Trinajstić information content (AvgIpc) is 3.34. The molecular formula is C26H28ClN3O6S. The summed E-state index contributed by atoms with van der Waals surface area (Å²) in [6.45, 7) is -0.154. The number of nitrogens with one attached hydrogen (secondary N) is 1. The van der Waals surface area contributed by atoms with Crippen LogP contribution in [0.25, 0.3) is 5.57 Å². The van der Waals surface area contributed by atoms with Crippen molar-refractivity contribution in [3.05, 3.63) is 101 Å². The Morgan fingerprint density at radius 2 is 1.54 bits per heavy atom. The van der Waals surface area contributed by atoms with Crippen molar-refractivity contribution in [2.24, 2.45) is 5.73 Å². The van der Waals surface area contributed by atoms with Crippen molar-refractivity contribution in [2.45, 2.75) is 38.5 Å². The lowest BCUT2D eigenvalue weighted by atomic mass is 9.91. The van der Waals surface area contributed by atoms with Gasteiger partial charge in [-0.05, 0) is 42.0 Å². The molecule has 1 aliphatic carbocycles. The minimum Gasteiger partial charge on any atom is -0.456 e. The lowest BCUT2D eigenvalue weighted by Gasteiger charge is -2.19. The van der Waals surface area contributed by atoms with Crippen LogP contribution in [0, 0.1) is 0 Å². The van der Waals surface area contributed by atoms with Crippen LogP contribution in [0.5, 0.6) is 0 Å². The monoisotopic (exact) mass is 545 g/mol. The maximum absolute atomic E-state index is 13.2. The molecule has 1 aromatic heterocycles. The summed E-state index contributed by atoms with van der Waals surface area (Å²) in [5.41, 5.74) is 8.45. The van der Waals surface area contributed by atoms with E-state index in [4.69, 9.17) is 15.2 Å². The quantitative estimate of drug-likeness (QED) is 0.406.